The Kier molecular flexibility index (Phi) is 4.01. The fraction of sp³-hybridized carbons (Fsp3) is 0.0526. The Bertz CT molecular complexity index is 1190. The Morgan fingerprint density at radius 3 is 2.63 bits per heavy atom. The van der Waals surface area contributed by atoms with Crippen molar-refractivity contribution in [1.82, 2.24) is 14.8 Å². The minimum Gasteiger partial charge on any atom is -0.364 e. The maximum Gasteiger partial charge on any atom is 0.282 e. The van der Waals surface area contributed by atoms with Crippen molar-refractivity contribution in [2.45, 2.75) is 6.92 Å². The van der Waals surface area contributed by atoms with E-state index in [-0.39, 0.29) is 11.2 Å². The maximum absolute atomic E-state index is 12.8. The second-order valence-corrected chi connectivity index (χ2v) is 6.49. The predicted molar refractivity (Wildman–Crippen MR) is 103 cm³/mol. The van der Waals surface area contributed by atoms with Gasteiger partial charge in [-0.25, -0.2) is 0 Å². The van der Waals surface area contributed by atoms with E-state index < -0.39 is 4.92 Å². The van der Waals surface area contributed by atoms with Crippen LogP contribution in [0.4, 0.5) is 5.69 Å². The van der Waals surface area contributed by atoms with E-state index in [1.165, 1.54) is 16.8 Å². The van der Waals surface area contributed by atoms with Crippen LogP contribution in [0.2, 0.25) is 5.02 Å². The molecule has 134 valence electrons. The average molecular weight is 381 g/mol. The number of nitrogens with one attached hydrogen (secondary N) is 1. The molecule has 2 aromatic rings. The molecule has 0 bridgehead atoms. The Morgan fingerprint density at radius 1 is 1.19 bits per heavy atom. The van der Waals surface area contributed by atoms with E-state index in [2.05, 4.69) is 10.1 Å². The SMILES string of the molecule is Cc1[nH]cc2c(=O)n(-c3ccc(Cl)cc3)nc-2c1-c1cccc([N+](=O)[O-])c1. The molecule has 2 aromatic carbocycles. The second-order valence-electron chi connectivity index (χ2n) is 6.05. The fourth-order valence-electron chi connectivity index (χ4n) is 3.05. The van der Waals surface area contributed by atoms with Crippen molar-refractivity contribution in [3.8, 4) is 28.1 Å². The van der Waals surface area contributed by atoms with Gasteiger partial charge in [0.25, 0.3) is 11.2 Å². The number of H-pyrrole nitrogens is 1. The summed E-state index contributed by atoms with van der Waals surface area (Å²) in [5.74, 6) is 0. The quantitative estimate of drug-likeness (QED) is 0.425. The lowest BCUT2D eigenvalue weighted by Gasteiger charge is -2.09. The van der Waals surface area contributed by atoms with Crippen molar-refractivity contribution < 1.29 is 4.92 Å². The van der Waals surface area contributed by atoms with E-state index in [1.54, 1.807) is 42.6 Å². The predicted octanol–water partition coefficient (Wildman–Crippen LogP) is 4.20. The Balaban J connectivity index is 1.97. The topological polar surface area (TPSA) is 93.8 Å². The summed E-state index contributed by atoms with van der Waals surface area (Å²) in [6.07, 6.45) is 1.60. The monoisotopic (exact) mass is 380 g/mol. The van der Waals surface area contributed by atoms with Crippen LogP contribution in [0.15, 0.2) is 59.5 Å². The minimum atomic E-state index is -0.450. The molecule has 0 saturated carbocycles. The number of rotatable bonds is 3. The first-order chi connectivity index (χ1) is 13.0. The number of halogens is 1. The van der Waals surface area contributed by atoms with Crippen LogP contribution >= 0.6 is 11.6 Å². The molecule has 0 aliphatic carbocycles. The van der Waals surface area contributed by atoms with Crippen LogP contribution in [0.5, 0.6) is 0 Å². The molecule has 0 atom stereocenters. The Labute approximate surface area is 158 Å². The zero-order valence-electron chi connectivity index (χ0n) is 14.1. The van der Waals surface area contributed by atoms with Crippen LogP contribution < -0.4 is 5.56 Å². The highest BCUT2D eigenvalue weighted by atomic mass is 35.5. The molecule has 2 aliphatic heterocycles. The minimum absolute atomic E-state index is 0.0246. The van der Waals surface area contributed by atoms with Gasteiger partial charge < -0.3 is 4.98 Å². The van der Waals surface area contributed by atoms with Gasteiger partial charge in [-0.2, -0.15) is 9.78 Å². The number of non-ortho nitro benzene ring substituents is 1. The molecule has 1 N–H and O–H groups in total. The molecule has 0 saturated heterocycles. The second kappa shape index (κ2) is 6.37. The van der Waals surface area contributed by atoms with Crippen LogP contribution in [0.25, 0.3) is 28.1 Å². The number of aromatic nitrogens is 3. The third kappa shape index (κ3) is 2.88. The number of aryl methyl sites for hydroxylation is 1. The van der Waals surface area contributed by atoms with Gasteiger partial charge in [0.15, 0.2) is 0 Å². The van der Waals surface area contributed by atoms with E-state index in [0.717, 1.165) is 5.69 Å². The lowest BCUT2D eigenvalue weighted by atomic mass is 9.98. The molecule has 7 nitrogen and oxygen atoms in total. The van der Waals surface area contributed by atoms with Gasteiger partial charge in [-0.15, -0.1) is 0 Å². The van der Waals surface area contributed by atoms with E-state index in [1.807, 2.05) is 6.92 Å². The summed E-state index contributed by atoms with van der Waals surface area (Å²) in [6, 6.07) is 13.0. The summed E-state index contributed by atoms with van der Waals surface area (Å²) in [5, 5.41) is 16.2. The van der Waals surface area contributed by atoms with Crippen molar-refractivity contribution in [1.29, 1.82) is 0 Å². The number of nitro benzene ring substituents is 1. The average Bonchev–Trinajstić information content (AvgIpc) is 2.99. The van der Waals surface area contributed by atoms with Gasteiger partial charge in [-0.05, 0) is 36.8 Å². The zero-order valence-corrected chi connectivity index (χ0v) is 14.9. The lowest BCUT2D eigenvalue weighted by Crippen LogP contribution is -2.14. The van der Waals surface area contributed by atoms with Crippen molar-refractivity contribution in [3.63, 3.8) is 0 Å². The standard InChI is InChI=1S/C19H13ClN4O3/c1-11-17(12-3-2-4-15(9-12)24(26)27)18-16(10-21-11)19(25)23(22-18)14-7-5-13(20)6-8-14/h2-10,21H,1H3. The van der Waals surface area contributed by atoms with Gasteiger partial charge >= 0.3 is 0 Å². The summed E-state index contributed by atoms with van der Waals surface area (Å²) in [7, 11) is 0. The molecule has 0 amide bonds. The number of hydrogen-bond donors (Lipinski definition) is 1. The first kappa shape index (κ1) is 17.0. The number of benzene rings is 2. The van der Waals surface area contributed by atoms with Gasteiger partial charge in [0.05, 0.1) is 16.2 Å². The molecule has 8 heteroatoms. The highest BCUT2D eigenvalue weighted by molar-refractivity contribution is 6.30. The first-order valence-electron chi connectivity index (χ1n) is 8.07. The van der Waals surface area contributed by atoms with Gasteiger partial charge in [-0.3, -0.25) is 14.9 Å². The van der Waals surface area contributed by atoms with Crippen LogP contribution in [0, 0.1) is 17.0 Å². The molecule has 0 fully saturated rings. The zero-order chi connectivity index (χ0) is 19.1. The number of hydrogen-bond acceptors (Lipinski definition) is 4. The van der Waals surface area contributed by atoms with Crippen LogP contribution in [0.1, 0.15) is 5.69 Å². The lowest BCUT2D eigenvalue weighted by molar-refractivity contribution is -0.384. The number of pyridine rings is 1. The summed E-state index contributed by atoms with van der Waals surface area (Å²) in [5.41, 5.74) is 3.18. The molecule has 0 aromatic heterocycles. The summed E-state index contributed by atoms with van der Waals surface area (Å²) < 4.78 is 1.30. The summed E-state index contributed by atoms with van der Waals surface area (Å²) in [6.45, 7) is 1.83. The maximum atomic E-state index is 12.8. The van der Waals surface area contributed by atoms with E-state index in [4.69, 9.17) is 11.6 Å². The molecule has 0 spiro atoms. The molecule has 2 heterocycles. The summed E-state index contributed by atoms with van der Waals surface area (Å²) >= 11 is 5.92. The van der Waals surface area contributed by atoms with Crippen LogP contribution in [-0.2, 0) is 0 Å². The highest BCUT2D eigenvalue weighted by Gasteiger charge is 2.23. The molecular weight excluding hydrogens is 368 g/mol. The summed E-state index contributed by atoms with van der Waals surface area (Å²) in [4.78, 5) is 26.6. The van der Waals surface area contributed by atoms with E-state index in [9.17, 15) is 14.9 Å². The van der Waals surface area contributed by atoms with Crippen molar-refractivity contribution in [2.24, 2.45) is 0 Å². The number of aromatic amines is 1. The molecule has 0 unspecified atom stereocenters. The number of nitrogens with zero attached hydrogens (tertiary/aromatic N) is 3. The van der Waals surface area contributed by atoms with Gasteiger partial charge in [-0.1, -0.05) is 23.7 Å². The van der Waals surface area contributed by atoms with Gasteiger partial charge in [0.2, 0.25) is 0 Å². The van der Waals surface area contributed by atoms with E-state index in [0.29, 0.717) is 33.1 Å². The Morgan fingerprint density at radius 2 is 1.93 bits per heavy atom. The first-order valence-corrected chi connectivity index (χ1v) is 8.45. The molecule has 2 aliphatic rings. The van der Waals surface area contributed by atoms with Gasteiger partial charge in [0.1, 0.15) is 5.69 Å². The normalized spacial score (nSPS) is 11.0. The number of fused-ring (bicyclic) bond motifs is 1. The molecule has 27 heavy (non-hydrogen) atoms. The molecular formula is C19H13ClN4O3. The highest BCUT2D eigenvalue weighted by Crippen LogP contribution is 2.34. The van der Waals surface area contributed by atoms with E-state index >= 15 is 0 Å². The van der Waals surface area contributed by atoms with Crippen molar-refractivity contribution >= 4 is 17.3 Å². The van der Waals surface area contributed by atoms with Crippen molar-refractivity contribution in [2.75, 3.05) is 0 Å². The van der Waals surface area contributed by atoms with Crippen LogP contribution in [0.3, 0.4) is 0 Å². The fourth-order valence-corrected chi connectivity index (χ4v) is 3.17. The molecule has 0 radical (unpaired) electrons. The smallest absolute Gasteiger partial charge is 0.282 e. The van der Waals surface area contributed by atoms with Crippen LogP contribution in [-0.4, -0.2) is 19.7 Å². The Hall–Kier alpha value is -3.45. The third-order valence-electron chi connectivity index (χ3n) is 4.34. The van der Waals surface area contributed by atoms with Crippen molar-refractivity contribution in [3.05, 3.63) is 85.9 Å². The number of nitro groups is 1. The van der Waals surface area contributed by atoms with Gasteiger partial charge in [0, 0.05) is 34.6 Å². The largest absolute Gasteiger partial charge is 0.364 e. The third-order valence-corrected chi connectivity index (χ3v) is 4.59. The molecule has 4 rings (SSSR count).